The predicted octanol–water partition coefficient (Wildman–Crippen LogP) is 5.32. The van der Waals surface area contributed by atoms with Gasteiger partial charge < -0.3 is 18.9 Å². The lowest BCUT2D eigenvalue weighted by Crippen LogP contribution is -2.39. The Morgan fingerprint density at radius 1 is 0.778 bits per heavy atom. The Morgan fingerprint density at radius 3 is 2.11 bits per heavy atom. The monoisotopic (exact) mass is 380 g/mol. The Kier molecular flexibility index (Phi) is 9.11. The highest BCUT2D eigenvalue weighted by Crippen LogP contribution is 2.36. The van der Waals surface area contributed by atoms with Crippen molar-refractivity contribution in [2.45, 2.75) is 84.2 Å². The van der Waals surface area contributed by atoms with E-state index in [4.69, 9.17) is 18.9 Å². The van der Waals surface area contributed by atoms with Gasteiger partial charge in [0.1, 0.15) is 0 Å². The second-order valence-corrected chi connectivity index (χ2v) is 8.78. The highest BCUT2D eigenvalue weighted by atomic mass is 16.7. The summed E-state index contributed by atoms with van der Waals surface area (Å²) >= 11 is 0. The van der Waals surface area contributed by atoms with Gasteiger partial charge in [0.25, 0.3) is 0 Å². The molecular formula is C23H40O4. The normalized spacial score (nSPS) is 38.3. The summed E-state index contributed by atoms with van der Waals surface area (Å²) in [7, 11) is 0. The lowest BCUT2D eigenvalue weighted by atomic mass is 9.79. The van der Waals surface area contributed by atoms with Crippen LogP contribution in [0.3, 0.4) is 0 Å². The van der Waals surface area contributed by atoms with Crippen LogP contribution >= 0.6 is 0 Å². The van der Waals surface area contributed by atoms with Gasteiger partial charge in [0.05, 0.1) is 26.4 Å². The van der Waals surface area contributed by atoms with Crippen molar-refractivity contribution in [1.29, 1.82) is 0 Å². The van der Waals surface area contributed by atoms with Crippen LogP contribution in [0, 0.1) is 23.7 Å². The van der Waals surface area contributed by atoms with Crippen molar-refractivity contribution in [3.63, 3.8) is 0 Å². The molecule has 3 rings (SSSR count). The summed E-state index contributed by atoms with van der Waals surface area (Å²) in [5, 5.41) is 0. The summed E-state index contributed by atoms with van der Waals surface area (Å²) < 4.78 is 23.9. The van der Waals surface area contributed by atoms with Crippen LogP contribution in [-0.4, -0.2) is 39.0 Å². The van der Waals surface area contributed by atoms with E-state index in [0.29, 0.717) is 17.8 Å². The highest BCUT2D eigenvalue weighted by molar-refractivity contribution is 4.86. The molecule has 2 aliphatic heterocycles. The summed E-state index contributed by atoms with van der Waals surface area (Å²) in [5.41, 5.74) is 0. The van der Waals surface area contributed by atoms with Crippen LogP contribution in [0.1, 0.15) is 71.6 Å². The van der Waals surface area contributed by atoms with Gasteiger partial charge in [-0.15, -0.1) is 0 Å². The van der Waals surface area contributed by atoms with E-state index in [1.807, 2.05) is 6.92 Å². The van der Waals surface area contributed by atoms with E-state index in [0.717, 1.165) is 45.2 Å². The molecule has 27 heavy (non-hydrogen) atoms. The SMILES string of the molecule is CC=C[C@H]1CO[C@H](CC[C@H]2CO[C@H]([C@H]3CC[C@H](CCCC)CC3)OC2)OC1. The molecule has 0 radical (unpaired) electrons. The second-order valence-electron chi connectivity index (χ2n) is 8.78. The van der Waals surface area contributed by atoms with E-state index < -0.39 is 0 Å². The van der Waals surface area contributed by atoms with E-state index >= 15 is 0 Å². The van der Waals surface area contributed by atoms with Crippen LogP contribution in [-0.2, 0) is 18.9 Å². The first-order valence-electron chi connectivity index (χ1n) is 11.4. The fraction of sp³-hybridized carbons (Fsp3) is 0.913. The van der Waals surface area contributed by atoms with Crippen molar-refractivity contribution in [2.24, 2.45) is 23.7 Å². The third-order valence-corrected chi connectivity index (χ3v) is 6.50. The van der Waals surface area contributed by atoms with Gasteiger partial charge in [-0.2, -0.15) is 0 Å². The van der Waals surface area contributed by atoms with Crippen molar-refractivity contribution in [1.82, 2.24) is 0 Å². The summed E-state index contributed by atoms with van der Waals surface area (Å²) in [6, 6.07) is 0. The second kappa shape index (κ2) is 11.5. The number of hydrogen-bond donors (Lipinski definition) is 0. The predicted molar refractivity (Wildman–Crippen MR) is 107 cm³/mol. The van der Waals surface area contributed by atoms with Crippen LogP contribution in [0.25, 0.3) is 0 Å². The fourth-order valence-electron chi connectivity index (χ4n) is 4.72. The zero-order chi connectivity index (χ0) is 18.9. The molecule has 0 atom stereocenters. The summed E-state index contributed by atoms with van der Waals surface area (Å²) in [5.74, 6) is 2.44. The Balaban J connectivity index is 1.27. The molecule has 0 N–H and O–H groups in total. The molecule has 0 aromatic heterocycles. The summed E-state index contributed by atoms with van der Waals surface area (Å²) in [6.45, 7) is 7.54. The molecule has 0 unspecified atom stereocenters. The molecule has 0 spiro atoms. The number of ether oxygens (including phenoxy) is 4. The zero-order valence-corrected chi connectivity index (χ0v) is 17.4. The van der Waals surface area contributed by atoms with Crippen molar-refractivity contribution in [3.8, 4) is 0 Å². The maximum absolute atomic E-state index is 6.12. The largest absolute Gasteiger partial charge is 0.352 e. The van der Waals surface area contributed by atoms with Gasteiger partial charge in [0.15, 0.2) is 12.6 Å². The third kappa shape index (κ3) is 6.85. The molecule has 2 saturated heterocycles. The number of unbranched alkanes of at least 4 members (excludes halogenated alkanes) is 1. The van der Waals surface area contributed by atoms with Crippen molar-refractivity contribution >= 4 is 0 Å². The van der Waals surface area contributed by atoms with Crippen LogP contribution in [0.4, 0.5) is 0 Å². The molecule has 0 bridgehead atoms. The van der Waals surface area contributed by atoms with Crippen molar-refractivity contribution in [3.05, 3.63) is 12.2 Å². The topological polar surface area (TPSA) is 36.9 Å². The maximum Gasteiger partial charge on any atom is 0.160 e. The Bertz CT molecular complexity index is 414. The molecule has 156 valence electrons. The van der Waals surface area contributed by atoms with E-state index in [1.165, 1.54) is 44.9 Å². The third-order valence-electron chi connectivity index (χ3n) is 6.50. The lowest BCUT2D eigenvalue weighted by Gasteiger charge is -2.38. The quantitative estimate of drug-likeness (QED) is 0.534. The fourth-order valence-corrected chi connectivity index (χ4v) is 4.72. The number of hydrogen-bond acceptors (Lipinski definition) is 4. The van der Waals surface area contributed by atoms with E-state index in [-0.39, 0.29) is 12.6 Å². The first-order chi connectivity index (χ1) is 13.3. The Labute approximate surface area is 166 Å². The van der Waals surface area contributed by atoms with Crippen LogP contribution < -0.4 is 0 Å². The van der Waals surface area contributed by atoms with Gasteiger partial charge in [-0.05, 0) is 51.4 Å². The molecule has 4 nitrogen and oxygen atoms in total. The molecule has 0 aromatic rings. The van der Waals surface area contributed by atoms with E-state index in [9.17, 15) is 0 Å². The van der Waals surface area contributed by atoms with Gasteiger partial charge in [-0.25, -0.2) is 0 Å². The van der Waals surface area contributed by atoms with Gasteiger partial charge in [-0.1, -0.05) is 38.3 Å². The highest BCUT2D eigenvalue weighted by Gasteiger charge is 2.32. The minimum Gasteiger partial charge on any atom is -0.352 e. The number of rotatable bonds is 8. The van der Waals surface area contributed by atoms with Crippen molar-refractivity contribution < 1.29 is 18.9 Å². The van der Waals surface area contributed by atoms with Crippen molar-refractivity contribution in [2.75, 3.05) is 26.4 Å². The molecule has 3 fully saturated rings. The molecule has 3 aliphatic rings. The van der Waals surface area contributed by atoms with Crippen LogP contribution in [0.5, 0.6) is 0 Å². The molecule has 0 amide bonds. The molecule has 0 aromatic carbocycles. The van der Waals surface area contributed by atoms with Gasteiger partial charge in [0, 0.05) is 17.8 Å². The minimum absolute atomic E-state index is 0.0390. The molecular weight excluding hydrogens is 340 g/mol. The first-order valence-corrected chi connectivity index (χ1v) is 11.4. The van der Waals surface area contributed by atoms with E-state index in [1.54, 1.807) is 0 Å². The van der Waals surface area contributed by atoms with E-state index in [2.05, 4.69) is 19.1 Å². The maximum atomic E-state index is 6.12. The van der Waals surface area contributed by atoms with Gasteiger partial charge in [-0.3, -0.25) is 0 Å². The minimum atomic E-state index is -0.0531. The average molecular weight is 381 g/mol. The van der Waals surface area contributed by atoms with Crippen LogP contribution in [0.15, 0.2) is 12.2 Å². The van der Waals surface area contributed by atoms with Crippen LogP contribution in [0.2, 0.25) is 0 Å². The smallest absolute Gasteiger partial charge is 0.160 e. The van der Waals surface area contributed by atoms with Gasteiger partial charge in [0.2, 0.25) is 0 Å². The molecule has 4 heteroatoms. The lowest BCUT2D eigenvalue weighted by molar-refractivity contribution is -0.235. The Hall–Kier alpha value is -0.420. The Morgan fingerprint density at radius 2 is 1.48 bits per heavy atom. The molecule has 1 saturated carbocycles. The molecule has 1 aliphatic carbocycles. The standard InChI is InChI=1S/C23H40O4/c1-3-5-7-18-8-11-21(12-9-18)23-26-16-20(17-27-23)10-13-22-24-14-19(6-4-2)15-25-22/h4,6,18-23H,3,5,7-17H2,1-2H3/t18-,19-,20-,21-,22-,23-. The number of allylic oxidation sites excluding steroid dienone is 1. The summed E-state index contributed by atoms with van der Waals surface area (Å²) in [4.78, 5) is 0. The first kappa shape index (κ1) is 21.3. The zero-order valence-electron chi connectivity index (χ0n) is 17.4. The molecule has 2 heterocycles. The average Bonchev–Trinajstić information content (AvgIpc) is 2.73. The van der Waals surface area contributed by atoms with Gasteiger partial charge >= 0.3 is 0 Å². The summed E-state index contributed by atoms with van der Waals surface area (Å²) in [6.07, 6.45) is 15.6.